The third-order valence-electron chi connectivity index (χ3n) is 9.45. The van der Waals surface area contributed by atoms with Crippen LogP contribution in [0.1, 0.15) is 86.8 Å². The number of benzene rings is 2. The second-order valence-corrected chi connectivity index (χ2v) is 11.8. The number of methoxy groups -OCH3 is 1. The molecule has 0 radical (unpaired) electrons. The lowest BCUT2D eigenvalue weighted by Crippen LogP contribution is -2.51. The summed E-state index contributed by atoms with van der Waals surface area (Å²) < 4.78 is 4.73. The summed E-state index contributed by atoms with van der Waals surface area (Å²) in [6.07, 6.45) is 15.2. The first-order valence-electron chi connectivity index (χ1n) is 13.8. The quantitative estimate of drug-likeness (QED) is 0.307. The maximum absolute atomic E-state index is 13.5. The third kappa shape index (κ3) is 4.63. The van der Waals surface area contributed by atoms with Crippen LogP contribution in [0.15, 0.2) is 54.6 Å². The van der Waals surface area contributed by atoms with E-state index >= 15 is 0 Å². The molecular weight excluding hydrogens is 446 g/mol. The van der Waals surface area contributed by atoms with Crippen LogP contribution in [0.25, 0.3) is 6.08 Å². The molecule has 2 aromatic rings. The van der Waals surface area contributed by atoms with Gasteiger partial charge in [0.05, 0.1) is 7.11 Å². The zero-order chi connectivity index (χ0) is 24.8. The highest BCUT2D eigenvalue weighted by atomic mass is 16.5. The number of amides is 1. The van der Waals surface area contributed by atoms with E-state index in [2.05, 4.69) is 29.2 Å². The normalized spacial score (nSPS) is 27.2. The maximum atomic E-state index is 13.5. The molecule has 0 heterocycles. The summed E-state index contributed by atoms with van der Waals surface area (Å²) in [5, 5.41) is 0. The van der Waals surface area contributed by atoms with Gasteiger partial charge in [-0.3, -0.25) is 4.79 Å². The van der Waals surface area contributed by atoms with Gasteiger partial charge in [0.2, 0.25) is 5.91 Å². The lowest BCUT2D eigenvalue weighted by molar-refractivity contribution is -0.134. The van der Waals surface area contributed by atoms with Gasteiger partial charge in [-0.1, -0.05) is 36.4 Å². The maximum Gasteiger partial charge on any atom is 0.330 e. The number of fused-ring (bicyclic) bond motifs is 3. The van der Waals surface area contributed by atoms with Crippen molar-refractivity contribution in [1.29, 1.82) is 0 Å². The Morgan fingerprint density at radius 1 is 0.944 bits per heavy atom. The van der Waals surface area contributed by atoms with Gasteiger partial charge < -0.3 is 9.64 Å². The molecule has 5 fully saturated rings. The molecule has 4 heteroatoms. The zero-order valence-electron chi connectivity index (χ0n) is 21.4. The number of nitrogens with zero attached hydrogens (tertiary/aromatic N) is 1. The summed E-state index contributed by atoms with van der Waals surface area (Å²) in [5.74, 6) is 0.884. The SMILES string of the molecule is COC(=O)/C=C/c1cccc(N(CC23CCC(c4ccc(C5CC5)cc4)(CC2)CC3)C(=O)C2CC2)c1. The number of carbonyl (C=O) groups excluding carboxylic acids is 2. The average molecular weight is 484 g/mol. The molecule has 2 bridgehead atoms. The van der Waals surface area contributed by atoms with E-state index in [1.807, 2.05) is 24.3 Å². The van der Waals surface area contributed by atoms with E-state index in [1.54, 1.807) is 6.08 Å². The van der Waals surface area contributed by atoms with Crippen molar-refractivity contribution in [2.24, 2.45) is 11.3 Å². The Labute approximate surface area is 214 Å². The van der Waals surface area contributed by atoms with Crippen LogP contribution >= 0.6 is 0 Å². The zero-order valence-corrected chi connectivity index (χ0v) is 21.4. The fraction of sp³-hybridized carbons (Fsp3) is 0.500. The molecule has 0 aliphatic heterocycles. The van der Waals surface area contributed by atoms with Crippen LogP contribution in [-0.4, -0.2) is 25.5 Å². The summed E-state index contributed by atoms with van der Waals surface area (Å²) in [5.41, 5.74) is 5.45. The number of hydrogen-bond donors (Lipinski definition) is 0. The Morgan fingerprint density at radius 3 is 2.25 bits per heavy atom. The summed E-state index contributed by atoms with van der Waals surface area (Å²) >= 11 is 0. The first-order chi connectivity index (χ1) is 17.5. The van der Waals surface area contributed by atoms with Crippen LogP contribution in [-0.2, 0) is 19.7 Å². The van der Waals surface area contributed by atoms with E-state index in [-0.39, 0.29) is 23.2 Å². The van der Waals surface area contributed by atoms with Crippen LogP contribution in [0.3, 0.4) is 0 Å². The minimum atomic E-state index is -0.375. The first-order valence-corrected chi connectivity index (χ1v) is 13.8. The topological polar surface area (TPSA) is 46.6 Å². The standard InChI is InChI=1S/C32H37NO3/c1-36-29(34)14-5-23-3-2-4-28(21-23)33(30(35)26-8-9-26)22-31-15-18-32(19-16-31,20-17-31)27-12-10-25(11-13-27)24-6-7-24/h2-5,10-14,21,24,26H,6-9,15-20,22H2,1H3/b14-5+. The highest BCUT2D eigenvalue weighted by Gasteiger charge is 2.51. The van der Waals surface area contributed by atoms with Crippen molar-refractivity contribution in [1.82, 2.24) is 0 Å². The van der Waals surface area contributed by atoms with E-state index in [0.717, 1.165) is 36.6 Å². The van der Waals surface area contributed by atoms with Crippen LogP contribution in [0.2, 0.25) is 0 Å². The minimum Gasteiger partial charge on any atom is -0.466 e. The van der Waals surface area contributed by atoms with E-state index in [0.29, 0.717) is 5.41 Å². The molecule has 5 saturated carbocycles. The average Bonchev–Trinajstić information content (AvgIpc) is 3.85. The summed E-state index contributed by atoms with van der Waals surface area (Å²) in [6.45, 7) is 0.809. The molecule has 0 aromatic heterocycles. The van der Waals surface area contributed by atoms with E-state index < -0.39 is 0 Å². The number of hydrogen-bond acceptors (Lipinski definition) is 3. The van der Waals surface area contributed by atoms with Gasteiger partial charge in [0.1, 0.15) is 0 Å². The Morgan fingerprint density at radius 2 is 1.64 bits per heavy atom. The second-order valence-electron chi connectivity index (χ2n) is 11.8. The fourth-order valence-corrected chi connectivity index (χ4v) is 6.67. The fourth-order valence-electron chi connectivity index (χ4n) is 6.67. The largest absolute Gasteiger partial charge is 0.466 e. The number of rotatable bonds is 8. The van der Waals surface area contributed by atoms with Crippen molar-refractivity contribution in [3.63, 3.8) is 0 Å². The predicted molar refractivity (Wildman–Crippen MR) is 143 cm³/mol. The van der Waals surface area contributed by atoms with Gasteiger partial charge >= 0.3 is 5.97 Å². The number of ether oxygens (including phenoxy) is 1. The molecule has 2 aromatic carbocycles. The van der Waals surface area contributed by atoms with Crippen molar-refractivity contribution < 1.29 is 14.3 Å². The Bertz CT molecular complexity index is 1150. The molecule has 1 amide bonds. The number of esters is 1. The Kier molecular flexibility index (Phi) is 6.02. The van der Waals surface area contributed by atoms with Crippen molar-refractivity contribution >= 4 is 23.6 Å². The third-order valence-corrected chi connectivity index (χ3v) is 9.45. The van der Waals surface area contributed by atoms with Crippen LogP contribution in [0, 0.1) is 11.3 Å². The molecule has 5 aliphatic carbocycles. The van der Waals surface area contributed by atoms with E-state index in [9.17, 15) is 9.59 Å². The van der Waals surface area contributed by atoms with E-state index in [1.165, 1.54) is 75.7 Å². The van der Waals surface area contributed by atoms with Crippen molar-refractivity contribution in [2.45, 2.75) is 75.5 Å². The smallest absolute Gasteiger partial charge is 0.330 e. The predicted octanol–water partition coefficient (Wildman–Crippen LogP) is 6.79. The van der Waals surface area contributed by atoms with Crippen LogP contribution in [0.5, 0.6) is 0 Å². The number of anilines is 1. The molecule has 0 spiro atoms. The molecule has 0 N–H and O–H groups in total. The van der Waals surface area contributed by atoms with Gasteiger partial charge in [0.25, 0.3) is 0 Å². The van der Waals surface area contributed by atoms with Gasteiger partial charge in [-0.15, -0.1) is 0 Å². The lowest BCUT2D eigenvalue weighted by atomic mass is 9.51. The van der Waals surface area contributed by atoms with Crippen molar-refractivity contribution in [3.8, 4) is 0 Å². The lowest BCUT2D eigenvalue weighted by Gasteiger charge is -2.55. The molecule has 5 aliphatic rings. The van der Waals surface area contributed by atoms with Gasteiger partial charge in [-0.2, -0.15) is 0 Å². The van der Waals surface area contributed by atoms with Gasteiger partial charge in [-0.05, 0) is 116 Å². The highest BCUT2D eigenvalue weighted by molar-refractivity contribution is 5.97. The first kappa shape index (κ1) is 23.5. The molecule has 0 atom stereocenters. The second kappa shape index (κ2) is 9.21. The van der Waals surface area contributed by atoms with Crippen LogP contribution in [0.4, 0.5) is 5.69 Å². The number of carbonyl (C=O) groups is 2. The monoisotopic (exact) mass is 483 g/mol. The van der Waals surface area contributed by atoms with E-state index in [4.69, 9.17) is 4.74 Å². The van der Waals surface area contributed by atoms with Crippen molar-refractivity contribution in [2.75, 3.05) is 18.6 Å². The molecule has 4 nitrogen and oxygen atoms in total. The molecular formula is C32H37NO3. The van der Waals surface area contributed by atoms with Crippen LogP contribution < -0.4 is 4.90 Å². The summed E-state index contributed by atoms with van der Waals surface area (Å²) in [6, 6.07) is 17.6. The molecule has 36 heavy (non-hydrogen) atoms. The summed E-state index contributed by atoms with van der Waals surface area (Å²) in [7, 11) is 1.38. The van der Waals surface area contributed by atoms with Crippen molar-refractivity contribution in [3.05, 3.63) is 71.3 Å². The Balaban J connectivity index is 1.20. The Hall–Kier alpha value is -2.88. The highest BCUT2D eigenvalue weighted by Crippen LogP contribution is 2.58. The molecule has 7 rings (SSSR count). The molecule has 0 unspecified atom stereocenters. The van der Waals surface area contributed by atoms with Gasteiger partial charge in [-0.25, -0.2) is 4.79 Å². The van der Waals surface area contributed by atoms with Gasteiger partial charge in [0, 0.05) is 24.2 Å². The molecule has 188 valence electrons. The minimum absolute atomic E-state index is 0.173. The molecule has 0 saturated heterocycles. The summed E-state index contributed by atoms with van der Waals surface area (Å²) in [4.78, 5) is 27.1. The van der Waals surface area contributed by atoms with Gasteiger partial charge in [0.15, 0.2) is 0 Å².